The Morgan fingerprint density at radius 1 is 0.775 bits per heavy atom. The molecule has 0 spiro atoms. The summed E-state index contributed by atoms with van der Waals surface area (Å²) in [6.45, 7) is 30.6. The van der Waals surface area contributed by atoms with Gasteiger partial charge in [-0.3, -0.25) is 0 Å². The molecule has 1 saturated heterocycles. The molecule has 1 aliphatic heterocycles. The van der Waals surface area contributed by atoms with Crippen molar-refractivity contribution in [2.24, 2.45) is 0 Å². The predicted octanol–water partition coefficient (Wildman–Crippen LogP) is 7.66. The van der Waals surface area contributed by atoms with Crippen LogP contribution in [-0.2, 0) is 28.0 Å². The number of unbranched alkanes of at least 4 members (excludes halogenated alkanes) is 1. The van der Waals surface area contributed by atoms with Gasteiger partial charge in [-0.05, 0) is 113 Å². The summed E-state index contributed by atoms with van der Waals surface area (Å²) in [5.41, 5.74) is -3.44. The third-order valence-corrected chi connectivity index (χ3v) is 12.7. The highest BCUT2D eigenvalue weighted by Crippen LogP contribution is 2.39. The number of amides is 1. The van der Waals surface area contributed by atoms with Crippen LogP contribution in [0.3, 0.4) is 0 Å². The molecule has 1 amide bonds. The van der Waals surface area contributed by atoms with Crippen molar-refractivity contribution in [3.63, 3.8) is 0 Å². The molecule has 1 atom stereocenters. The van der Waals surface area contributed by atoms with Crippen LogP contribution in [0.5, 0.6) is 0 Å². The van der Waals surface area contributed by atoms with Crippen LogP contribution in [0.4, 0.5) is 4.79 Å². The Morgan fingerprint density at radius 2 is 1.25 bits per heavy atom. The summed E-state index contributed by atoms with van der Waals surface area (Å²) in [5.74, 6) is -0.450. The summed E-state index contributed by atoms with van der Waals surface area (Å²) in [6, 6.07) is 0. The lowest BCUT2D eigenvalue weighted by Gasteiger charge is -2.38. The first kappa shape index (κ1) is 36.9. The van der Waals surface area contributed by atoms with Gasteiger partial charge in [-0.15, -0.1) is 0 Å². The molecule has 0 bridgehead atoms. The van der Waals surface area contributed by atoms with Crippen LogP contribution in [0, 0.1) is 0 Å². The summed E-state index contributed by atoms with van der Waals surface area (Å²) in [4.78, 5) is 26.8. The van der Waals surface area contributed by atoms with E-state index in [1.807, 2.05) is 48.5 Å². The molecule has 1 heterocycles. The first-order valence-electron chi connectivity index (χ1n) is 15.0. The number of rotatable bonds is 12. The van der Waals surface area contributed by atoms with E-state index in [1.165, 1.54) is 0 Å². The van der Waals surface area contributed by atoms with E-state index in [2.05, 4.69) is 39.2 Å². The Balaban J connectivity index is 3.11. The Labute approximate surface area is 246 Å². The van der Waals surface area contributed by atoms with Crippen molar-refractivity contribution in [2.75, 3.05) is 6.61 Å². The lowest BCUT2D eigenvalue weighted by Crippen LogP contribution is -2.57. The number of alkyl carbamates (subject to hydrolysis) is 1. The lowest BCUT2D eigenvalue weighted by molar-refractivity contribution is -0.164. The minimum absolute atomic E-state index is 0.0809. The molecule has 40 heavy (non-hydrogen) atoms. The molecule has 0 saturated carbocycles. The zero-order valence-corrected chi connectivity index (χ0v) is 29.4. The van der Waals surface area contributed by atoms with Crippen LogP contribution >= 0.6 is 0 Å². The molecule has 0 aromatic carbocycles. The molecule has 0 aliphatic carbocycles. The number of nitrogens with one attached hydrogen (secondary N) is 1. The Kier molecular flexibility index (Phi) is 12.0. The second-order valence-corrected chi connectivity index (χ2v) is 20.7. The largest absolute Gasteiger partial charge is 0.458 e. The van der Waals surface area contributed by atoms with Crippen LogP contribution < -0.4 is 5.32 Å². The molecule has 10 heteroatoms. The number of esters is 1. The van der Waals surface area contributed by atoms with Crippen LogP contribution in [0.1, 0.15) is 122 Å². The third-order valence-electron chi connectivity index (χ3n) is 8.14. The Bertz CT molecular complexity index is 840. The van der Waals surface area contributed by atoms with E-state index in [4.69, 9.17) is 23.2 Å². The van der Waals surface area contributed by atoms with E-state index in [0.717, 1.165) is 6.42 Å². The maximum Gasteiger partial charge on any atom is 0.457 e. The van der Waals surface area contributed by atoms with E-state index in [0.29, 0.717) is 38.6 Å². The van der Waals surface area contributed by atoms with Crippen molar-refractivity contribution in [1.29, 1.82) is 0 Å². The van der Waals surface area contributed by atoms with E-state index in [9.17, 15) is 9.59 Å². The van der Waals surface area contributed by atoms with Crippen molar-refractivity contribution < 1.29 is 32.8 Å². The molecule has 234 valence electrons. The number of carbonyl (C=O) groups is 2. The molecule has 1 N–H and O–H groups in total. The first-order valence-corrected chi connectivity index (χ1v) is 17.9. The van der Waals surface area contributed by atoms with Gasteiger partial charge < -0.3 is 28.5 Å². The van der Waals surface area contributed by atoms with Gasteiger partial charge in [0.25, 0.3) is 0 Å². The first-order chi connectivity index (χ1) is 17.7. The lowest BCUT2D eigenvalue weighted by atomic mass is 9.80. The molecule has 1 fully saturated rings. The second-order valence-electron chi connectivity index (χ2n) is 15.9. The van der Waals surface area contributed by atoms with E-state index < -0.39 is 37.1 Å². The van der Waals surface area contributed by atoms with Gasteiger partial charge >= 0.3 is 19.2 Å². The van der Waals surface area contributed by atoms with Gasteiger partial charge in [-0.1, -0.05) is 33.6 Å². The van der Waals surface area contributed by atoms with Gasteiger partial charge in [0.1, 0.15) is 16.7 Å². The van der Waals surface area contributed by atoms with E-state index in [-0.39, 0.29) is 23.4 Å². The highest BCUT2D eigenvalue weighted by atomic mass is 28.4. The van der Waals surface area contributed by atoms with Crippen molar-refractivity contribution in [3.8, 4) is 0 Å². The van der Waals surface area contributed by atoms with Crippen molar-refractivity contribution in [2.45, 2.75) is 175 Å². The maximum absolute atomic E-state index is 13.8. The van der Waals surface area contributed by atoms with Gasteiger partial charge in [0, 0.05) is 6.61 Å². The highest BCUT2D eigenvalue weighted by Gasteiger charge is 2.51. The quantitative estimate of drug-likeness (QED) is 0.143. The Hall–Kier alpha value is -1.10. The monoisotopic (exact) mass is 585 g/mol. The van der Waals surface area contributed by atoms with E-state index in [1.54, 1.807) is 20.8 Å². The molecular formula is C30H60BNO7Si. The highest BCUT2D eigenvalue weighted by molar-refractivity contribution is 6.74. The molecule has 1 aliphatic rings. The molecule has 1 unspecified atom stereocenters. The summed E-state index contributed by atoms with van der Waals surface area (Å²) >= 11 is 0. The maximum atomic E-state index is 13.8. The fraction of sp³-hybridized carbons (Fsp3) is 0.933. The molecule has 0 aromatic rings. The Morgan fingerprint density at radius 3 is 1.70 bits per heavy atom. The topological polar surface area (TPSA) is 92.3 Å². The van der Waals surface area contributed by atoms with Crippen molar-refractivity contribution in [1.82, 2.24) is 5.32 Å². The molecule has 8 nitrogen and oxygen atoms in total. The van der Waals surface area contributed by atoms with Crippen LogP contribution in [-0.4, -0.2) is 62.0 Å². The fourth-order valence-electron chi connectivity index (χ4n) is 4.12. The normalized spacial score (nSPS) is 19.2. The summed E-state index contributed by atoms with van der Waals surface area (Å²) in [6.07, 6.45) is 2.87. The number of hydrogen-bond acceptors (Lipinski definition) is 7. The molecular weight excluding hydrogens is 525 g/mol. The summed E-state index contributed by atoms with van der Waals surface area (Å²) < 4.78 is 30.2. The van der Waals surface area contributed by atoms with Gasteiger partial charge in [0.05, 0.1) is 11.2 Å². The zero-order chi connectivity index (χ0) is 31.4. The third kappa shape index (κ3) is 11.3. The standard InChI is InChI=1S/C30H60BNO7Si/c1-25(2,3)36-23(33)30(32-24(34)37-26(4,5)6,20-18-22-35-40(14,15)27(7,8)9)19-16-17-21-31-38-28(10,11)29(12,13)39-31/h16-22H2,1-15H3,(H,32,34). The second kappa shape index (κ2) is 13.0. The van der Waals surface area contributed by atoms with Gasteiger partial charge in [0.15, 0.2) is 8.32 Å². The van der Waals surface area contributed by atoms with Crippen LogP contribution in [0.2, 0.25) is 24.5 Å². The number of ether oxygens (including phenoxy) is 2. The van der Waals surface area contributed by atoms with Crippen LogP contribution in [0.15, 0.2) is 0 Å². The molecule has 0 radical (unpaired) electrons. The SMILES string of the molecule is CC(C)(C)OC(=O)NC(CCCCB1OC(C)(C)C(C)(C)O1)(CCCO[Si](C)(C)C(C)(C)C)C(=O)OC(C)(C)C. The van der Waals surface area contributed by atoms with Crippen molar-refractivity contribution >= 4 is 27.5 Å². The fourth-order valence-corrected chi connectivity index (χ4v) is 5.21. The molecule has 1 rings (SSSR count). The number of carbonyl (C=O) groups excluding carboxylic acids is 2. The van der Waals surface area contributed by atoms with Gasteiger partial charge in [0.2, 0.25) is 0 Å². The van der Waals surface area contributed by atoms with Crippen LogP contribution in [0.25, 0.3) is 0 Å². The average molecular weight is 586 g/mol. The predicted molar refractivity (Wildman–Crippen MR) is 165 cm³/mol. The minimum Gasteiger partial charge on any atom is -0.458 e. The summed E-state index contributed by atoms with van der Waals surface area (Å²) in [7, 11) is -2.26. The van der Waals surface area contributed by atoms with Gasteiger partial charge in [-0.25, -0.2) is 9.59 Å². The average Bonchev–Trinajstić information content (AvgIpc) is 2.90. The molecule has 0 aromatic heterocycles. The van der Waals surface area contributed by atoms with Crippen molar-refractivity contribution in [3.05, 3.63) is 0 Å². The summed E-state index contributed by atoms with van der Waals surface area (Å²) in [5, 5.41) is 3.03. The smallest absolute Gasteiger partial charge is 0.457 e. The van der Waals surface area contributed by atoms with E-state index >= 15 is 0 Å². The minimum atomic E-state index is -1.96. The zero-order valence-electron chi connectivity index (χ0n) is 28.4. The van der Waals surface area contributed by atoms with Gasteiger partial charge in [-0.2, -0.15) is 0 Å². The number of hydrogen-bond donors (Lipinski definition) is 1.